The summed E-state index contributed by atoms with van der Waals surface area (Å²) in [6.45, 7) is 7.05. The minimum atomic E-state index is 0. The number of amides is 1. The number of piperazine rings is 1. The Bertz CT molecular complexity index is 874. The first-order valence-corrected chi connectivity index (χ1v) is 11.4. The van der Waals surface area contributed by atoms with E-state index in [1.807, 2.05) is 24.3 Å². The molecule has 172 valence electrons. The SMILES string of the molecule is Cl.O=C(C1CCN(Cc2ccccc2O)CC1)N1CCN(C/C=C/c2ccccc2)CC1. The Balaban J connectivity index is 0.00000289. The topological polar surface area (TPSA) is 47.0 Å². The van der Waals surface area contributed by atoms with Crippen molar-refractivity contribution in [2.45, 2.75) is 19.4 Å². The predicted octanol–water partition coefficient (Wildman–Crippen LogP) is 3.88. The lowest BCUT2D eigenvalue weighted by atomic mass is 9.94. The first-order valence-electron chi connectivity index (χ1n) is 11.4. The molecule has 5 nitrogen and oxygen atoms in total. The third-order valence-corrected chi connectivity index (χ3v) is 6.48. The van der Waals surface area contributed by atoms with Gasteiger partial charge in [0.1, 0.15) is 5.75 Å². The molecule has 2 aliphatic heterocycles. The molecule has 0 aliphatic carbocycles. The number of hydrogen-bond donors (Lipinski definition) is 1. The summed E-state index contributed by atoms with van der Waals surface area (Å²) in [6.07, 6.45) is 6.20. The van der Waals surface area contributed by atoms with Gasteiger partial charge in [-0.15, -0.1) is 12.4 Å². The average Bonchev–Trinajstić information content (AvgIpc) is 2.82. The molecule has 0 bridgehead atoms. The number of likely N-dealkylation sites (tertiary alicyclic amines) is 1. The normalized spacial score (nSPS) is 18.6. The van der Waals surface area contributed by atoms with E-state index in [-0.39, 0.29) is 18.3 Å². The van der Waals surface area contributed by atoms with Crippen molar-refractivity contribution in [2.24, 2.45) is 5.92 Å². The van der Waals surface area contributed by atoms with Crippen LogP contribution in [-0.4, -0.2) is 71.5 Å². The van der Waals surface area contributed by atoms with Crippen LogP contribution in [-0.2, 0) is 11.3 Å². The Hall–Kier alpha value is -2.34. The minimum Gasteiger partial charge on any atom is -0.508 e. The van der Waals surface area contributed by atoms with Gasteiger partial charge in [-0.1, -0.05) is 60.7 Å². The molecule has 0 spiro atoms. The number of rotatable bonds is 6. The highest BCUT2D eigenvalue weighted by molar-refractivity contribution is 5.85. The molecule has 2 heterocycles. The summed E-state index contributed by atoms with van der Waals surface area (Å²) >= 11 is 0. The quantitative estimate of drug-likeness (QED) is 0.718. The zero-order valence-corrected chi connectivity index (χ0v) is 19.4. The van der Waals surface area contributed by atoms with Crippen LogP contribution in [0, 0.1) is 5.92 Å². The smallest absolute Gasteiger partial charge is 0.225 e. The minimum absolute atomic E-state index is 0. The largest absolute Gasteiger partial charge is 0.508 e. The fourth-order valence-electron chi connectivity index (χ4n) is 4.53. The van der Waals surface area contributed by atoms with E-state index in [0.717, 1.165) is 70.8 Å². The van der Waals surface area contributed by atoms with E-state index < -0.39 is 0 Å². The fraction of sp³-hybridized carbons (Fsp3) is 0.423. The third-order valence-electron chi connectivity index (χ3n) is 6.48. The van der Waals surface area contributed by atoms with Gasteiger partial charge in [0, 0.05) is 50.7 Å². The zero-order chi connectivity index (χ0) is 21.5. The number of halogens is 1. The van der Waals surface area contributed by atoms with Crippen LogP contribution in [0.15, 0.2) is 60.7 Å². The lowest BCUT2D eigenvalue weighted by Gasteiger charge is -2.38. The molecule has 0 atom stereocenters. The number of phenolic OH excluding ortho intramolecular Hbond substituents is 1. The summed E-state index contributed by atoms with van der Waals surface area (Å²) in [7, 11) is 0. The molecule has 0 aromatic heterocycles. The van der Waals surface area contributed by atoms with Gasteiger partial charge in [0.05, 0.1) is 0 Å². The number of para-hydroxylation sites is 1. The van der Waals surface area contributed by atoms with Crippen molar-refractivity contribution >= 4 is 24.4 Å². The lowest BCUT2D eigenvalue weighted by molar-refractivity contribution is -0.138. The Kier molecular flexibility index (Phi) is 9.15. The lowest BCUT2D eigenvalue weighted by Crippen LogP contribution is -2.51. The maximum atomic E-state index is 13.0. The summed E-state index contributed by atoms with van der Waals surface area (Å²) in [5.41, 5.74) is 2.19. The molecule has 2 saturated heterocycles. The van der Waals surface area contributed by atoms with E-state index in [1.54, 1.807) is 6.07 Å². The van der Waals surface area contributed by atoms with E-state index in [4.69, 9.17) is 0 Å². The van der Waals surface area contributed by atoms with Crippen molar-refractivity contribution in [2.75, 3.05) is 45.8 Å². The van der Waals surface area contributed by atoms with Crippen LogP contribution < -0.4 is 0 Å². The predicted molar refractivity (Wildman–Crippen MR) is 132 cm³/mol. The average molecular weight is 456 g/mol. The number of hydrogen-bond acceptors (Lipinski definition) is 4. The molecule has 0 radical (unpaired) electrons. The number of nitrogens with zero attached hydrogens (tertiary/aromatic N) is 3. The summed E-state index contributed by atoms with van der Waals surface area (Å²) < 4.78 is 0. The van der Waals surface area contributed by atoms with E-state index >= 15 is 0 Å². The second kappa shape index (κ2) is 12.0. The first kappa shape index (κ1) is 24.3. The fourth-order valence-corrected chi connectivity index (χ4v) is 4.53. The van der Waals surface area contributed by atoms with Crippen molar-refractivity contribution in [1.29, 1.82) is 0 Å². The number of benzene rings is 2. The first-order chi connectivity index (χ1) is 15.2. The number of piperidine rings is 1. The standard InChI is InChI=1S/C26H33N3O2.ClH/c30-25-11-5-4-10-24(25)21-28-15-12-23(13-16-28)26(31)29-19-17-27(18-20-29)14-6-9-22-7-2-1-3-8-22;/h1-11,23,30H,12-21H2;1H/b9-6+;. The summed E-state index contributed by atoms with van der Waals surface area (Å²) in [5, 5.41) is 9.99. The van der Waals surface area contributed by atoms with Crippen LogP contribution in [0.1, 0.15) is 24.0 Å². The van der Waals surface area contributed by atoms with Crippen molar-refractivity contribution in [3.05, 3.63) is 71.8 Å². The van der Waals surface area contributed by atoms with Crippen molar-refractivity contribution < 1.29 is 9.90 Å². The van der Waals surface area contributed by atoms with Gasteiger partial charge in [0.15, 0.2) is 0 Å². The van der Waals surface area contributed by atoms with Gasteiger partial charge in [-0.2, -0.15) is 0 Å². The Labute approximate surface area is 197 Å². The van der Waals surface area contributed by atoms with Gasteiger partial charge in [-0.3, -0.25) is 14.6 Å². The van der Waals surface area contributed by atoms with Gasteiger partial charge in [0.25, 0.3) is 0 Å². The van der Waals surface area contributed by atoms with Crippen molar-refractivity contribution in [3.63, 3.8) is 0 Å². The highest BCUT2D eigenvalue weighted by Crippen LogP contribution is 2.24. The summed E-state index contributed by atoms with van der Waals surface area (Å²) in [5.74, 6) is 0.837. The highest BCUT2D eigenvalue weighted by atomic mass is 35.5. The number of phenols is 1. The molecule has 4 rings (SSSR count). The molecule has 2 aromatic carbocycles. The van der Waals surface area contributed by atoms with Crippen LogP contribution in [0.2, 0.25) is 0 Å². The van der Waals surface area contributed by atoms with Crippen LogP contribution in [0.25, 0.3) is 6.08 Å². The van der Waals surface area contributed by atoms with Crippen LogP contribution >= 0.6 is 12.4 Å². The van der Waals surface area contributed by atoms with Gasteiger partial charge >= 0.3 is 0 Å². The molecular formula is C26H34ClN3O2. The van der Waals surface area contributed by atoms with Gasteiger partial charge in [0.2, 0.25) is 5.91 Å². The van der Waals surface area contributed by atoms with E-state index in [2.05, 4.69) is 51.1 Å². The van der Waals surface area contributed by atoms with Gasteiger partial charge in [-0.25, -0.2) is 0 Å². The molecular weight excluding hydrogens is 422 g/mol. The third kappa shape index (κ3) is 6.58. The van der Waals surface area contributed by atoms with E-state index in [1.165, 1.54) is 5.56 Å². The highest BCUT2D eigenvalue weighted by Gasteiger charge is 2.30. The van der Waals surface area contributed by atoms with E-state index in [0.29, 0.717) is 11.7 Å². The number of carbonyl (C=O) groups excluding carboxylic acids is 1. The molecule has 2 aliphatic rings. The number of aromatic hydroxyl groups is 1. The van der Waals surface area contributed by atoms with E-state index in [9.17, 15) is 9.90 Å². The summed E-state index contributed by atoms with van der Waals surface area (Å²) in [6, 6.07) is 17.9. The maximum Gasteiger partial charge on any atom is 0.225 e. The zero-order valence-electron chi connectivity index (χ0n) is 18.6. The van der Waals surface area contributed by atoms with Crippen LogP contribution in [0.5, 0.6) is 5.75 Å². The molecule has 1 N–H and O–H groups in total. The van der Waals surface area contributed by atoms with Gasteiger partial charge < -0.3 is 10.0 Å². The van der Waals surface area contributed by atoms with Crippen molar-refractivity contribution in [3.8, 4) is 5.75 Å². The molecule has 0 saturated carbocycles. The molecule has 2 fully saturated rings. The number of carbonyl (C=O) groups is 1. The van der Waals surface area contributed by atoms with Crippen molar-refractivity contribution in [1.82, 2.24) is 14.7 Å². The molecule has 32 heavy (non-hydrogen) atoms. The Morgan fingerprint density at radius 1 is 0.875 bits per heavy atom. The summed E-state index contributed by atoms with van der Waals surface area (Å²) in [4.78, 5) is 19.8. The molecule has 1 amide bonds. The Morgan fingerprint density at radius 2 is 1.53 bits per heavy atom. The molecule has 2 aromatic rings. The molecule has 6 heteroatoms. The second-order valence-electron chi connectivity index (χ2n) is 8.62. The maximum absolute atomic E-state index is 13.0. The second-order valence-corrected chi connectivity index (χ2v) is 8.62. The molecule has 0 unspecified atom stereocenters. The van der Waals surface area contributed by atoms with Crippen LogP contribution in [0.3, 0.4) is 0 Å². The van der Waals surface area contributed by atoms with Crippen LogP contribution in [0.4, 0.5) is 0 Å². The monoisotopic (exact) mass is 455 g/mol. The van der Waals surface area contributed by atoms with Gasteiger partial charge in [-0.05, 0) is 37.6 Å². The Morgan fingerprint density at radius 3 is 2.22 bits per heavy atom.